The predicted molar refractivity (Wildman–Crippen MR) is 127 cm³/mol. The van der Waals surface area contributed by atoms with Crippen molar-refractivity contribution in [2.24, 2.45) is 0 Å². The zero-order valence-electron chi connectivity index (χ0n) is 17.6. The van der Waals surface area contributed by atoms with E-state index in [0.717, 1.165) is 22.0 Å². The molecule has 5 rings (SSSR count). The summed E-state index contributed by atoms with van der Waals surface area (Å²) in [7, 11) is 1.49. The van der Waals surface area contributed by atoms with Gasteiger partial charge >= 0.3 is 0 Å². The summed E-state index contributed by atoms with van der Waals surface area (Å²) in [5.74, 6) is -0.485. The van der Waals surface area contributed by atoms with E-state index in [9.17, 15) is 9.18 Å². The Morgan fingerprint density at radius 1 is 1.12 bits per heavy atom. The zero-order valence-corrected chi connectivity index (χ0v) is 18.4. The summed E-state index contributed by atoms with van der Waals surface area (Å²) in [5, 5.41) is 10.7. The van der Waals surface area contributed by atoms with E-state index in [-0.39, 0.29) is 0 Å². The minimum absolute atomic E-state index is 0.362. The molecule has 0 spiro atoms. The van der Waals surface area contributed by atoms with Crippen molar-refractivity contribution >= 4 is 33.3 Å². The van der Waals surface area contributed by atoms with Crippen molar-refractivity contribution in [2.45, 2.75) is 6.04 Å². The summed E-state index contributed by atoms with van der Waals surface area (Å²) in [6, 6.07) is 18.9. The molecule has 0 aliphatic heterocycles. The third-order valence-corrected chi connectivity index (χ3v) is 5.99. The summed E-state index contributed by atoms with van der Waals surface area (Å²) in [6.07, 6.45) is 3.39. The van der Waals surface area contributed by atoms with Gasteiger partial charge in [-0.25, -0.2) is 9.37 Å². The van der Waals surface area contributed by atoms with E-state index in [1.54, 1.807) is 22.5 Å². The Hall–Kier alpha value is -4.04. The number of hydrogen-bond donors (Lipinski definition) is 1. The van der Waals surface area contributed by atoms with Gasteiger partial charge < -0.3 is 4.74 Å². The van der Waals surface area contributed by atoms with E-state index in [2.05, 4.69) is 10.3 Å². The maximum atomic E-state index is 14.3. The summed E-state index contributed by atoms with van der Waals surface area (Å²) in [5.41, 5.74) is 3.06. The Morgan fingerprint density at radius 3 is 2.73 bits per heavy atom. The van der Waals surface area contributed by atoms with Gasteiger partial charge in [0.2, 0.25) is 0 Å². The van der Waals surface area contributed by atoms with Crippen LogP contribution in [0, 0.1) is 5.82 Å². The van der Waals surface area contributed by atoms with Gasteiger partial charge in [-0.05, 0) is 23.8 Å². The SMILES string of the molecule is COc1ccc(F)cc1[C@H](C(=O)Nc1nccs1)n1cc2cccc(-c3ccccc3)c2n1. The van der Waals surface area contributed by atoms with Gasteiger partial charge in [0, 0.05) is 34.3 Å². The molecule has 33 heavy (non-hydrogen) atoms. The number of anilines is 1. The van der Waals surface area contributed by atoms with E-state index >= 15 is 0 Å². The molecule has 0 radical (unpaired) electrons. The van der Waals surface area contributed by atoms with Gasteiger partial charge in [0.25, 0.3) is 5.91 Å². The summed E-state index contributed by atoms with van der Waals surface area (Å²) in [6.45, 7) is 0. The van der Waals surface area contributed by atoms with Gasteiger partial charge in [0.05, 0.1) is 7.11 Å². The van der Waals surface area contributed by atoms with Crippen molar-refractivity contribution in [2.75, 3.05) is 12.4 Å². The Morgan fingerprint density at radius 2 is 1.97 bits per heavy atom. The number of halogens is 1. The van der Waals surface area contributed by atoms with E-state index in [1.165, 1.54) is 36.6 Å². The number of nitrogens with zero attached hydrogens (tertiary/aromatic N) is 3. The van der Waals surface area contributed by atoms with Crippen molar-refractivity contribution in [3.63, 3.8) is 0 Å². The number of aromatic nitrogens is 3. The number of rotatable bonds is 6. The molecule has 2 heterocycles. The van der Waals surface area contributed by atoms with Crippen LogP contribution in [-0.4, -0.2) is 27.8 Å². The van der Waals surface area contributed by atoms with Crippen molar-refractivity contribution in [3.05, 3.63) is 95.9 Å². The lowest BCUT2D eigenvalue weighted by Crippen LogP contribution is -2.28. The molecule has 5 aromatic rings. The molecule has 0 saturated heterocycles. The largest absolute Gasteiger partial charge is 0.496 e. The fourth-order valence-electron chi connectivity index (χ4n) is 3.83. The highest BCUT2D eigenvalue weighted by Gasteiger charge is 2.28. The fourth-order valence-corrected chi connectivity index (χ4v) is 4.36. The van der Waals surface area contributed by atoms with Crippen LogP contribution in [0.1, 0.15) is 11.6 Å². The van der Waals surface area contributed by atoms with E-state index in [4.69, 9.17) is 9.84 Å². The molecule has 1 atom stereocenters. The Balaban J connectivity index is 1.67. The summed E-state index contributed by atoms with van der Waals surface area (Å²) >= 11 is 1.30. The number of amides is 1. The first-order chi connectivity index (χ1) is 16.1. The molecular weight excluding hydrogens is 439 g/mol. The molecule has 0 fully saturated rings. The molecule has 0 aliphatic rings. The van der Waals surface area contributed by atoms with Crippen LogP contribution in [0.15, 0.2) is 84.5 Å². The van der Waals surface area contributed by atoms with Gasteiger partial charge in [0.1, 0.15) is 17.1 Å². The highest BCUT2D eigenvalue weighted by molar-refractivity contribution is 7.13. The smallest absolute Gasteiger partial charge is 0.255 e. The van der Waals surface area contributed by atoms with Gasteiger partial charge in [0.15, 0.2) is 11.2 Å². The van der Waals surface area contributed by atoms with Crippen LogP contribution in [0.2, 0.25) is 0 Å². The minimum Gasteiger partial charge on any atom is -0.496 e. The maximum Gasteiger partial charge on any atom is 0.255 e. The van der Waals surface area contributed by atoms with Crippen LogP contribution < -0.4 is 10.1 Å². The van der Waals surface area contributed by atoms with Gasteiger partial charge in [-0.1, -0.05) is 48.5 Å². The number of fused-ring (bicyclic) bond motifs is 1. The maximum absolute atomic E-state index is 14.3. The van der Waals surface area contributed by atoms with Gasteiger partial charge in [-0.2, -0.15) is 5.10 Å². The lowest BCUT2D eigenvalue weighted by atomic mass is 10.0. The molecule has 8 heteroatoms. The lowest BCUT2D eigenvalue weighted by Gasteiger charge is -2.19. The van der Waals surface area contributed by atoms with Gasteiger partial charge in [-0.15, -0.1) is 11.3 Å². The standard InChI is InChI=1S/C25H19FN4O2S/c1-32-21-11-10-18(26)14-20(21)23(24(31)28-25-27-12-13-33-25)30-15-17-8-5-9-19(22(17)29-30)16-6-3-2-4-7-16/h2-15,23H,1H3,(H,27,28,31)/t23-/m1/s1. The molecule has 0 bridgehead atoms. The Kier molecular flexibility index (Phi) is 5.58. The molecule has 2 aromatic heterocycles. The summed E-state index contributed by atoms with van der Waals surface area (Å²) < 4.78 is 21.3. The molecule has 164 valence electrons. The number of nitrogens with one attached hydrogen (secondary N) is 1. The minimum atomic E-state index is -0.976. The van der Waals surface area contributed by atoms with Crippen molar-refractivity contribution in [3.8, 4) is 16.9 Å². The van der Waals surface area contributed by atoms with E-state index in [1.807, 2.05) is 48.5 Å². The van der Waals surface area contributed by atoms with E-state index in [0.29, 0.717) is 16.4 Å². The van der Waals surface area contributed by atoms with Crippen LogP contribution in [0.25, 0.3) is 22.0 Å². The van der Waals surface area contributed by atoms with Gasteiger partial charge in [-0.3, -0.25) is 14.8 Å². The quantitative estimate of drug-likeness (QED) is 0.363. The third-order valence-electron chi connectivity index (χ3n) is 5.30. The topological polar surface area (TPSA) is 69.0 Å². The Labute approximate surface area is 193 Å². The molecule has 6 nitrogen and oxygen atoms in total. The van der Waals surface area contributed by atoms with Crippen molar-refractivity contribution < 1.29 is 13.9 Å². The Bertz CT molecular complexity index is 1420. The lowest BCUT2D eigenvalue weighted by molar-refractivity contribution is -0.118. The third kappa shape index (κ3) is 4.08. The van der Waals surface area contributed by atoms with Crippen LogP contribution in [0.3, 0.4) is 0 Å². The second-order valence-corrected chi connectivity index (χ2v) is 8.23. The highest BCUT2D eigenvalue weighted by atomic mass is 32.1. The number of ether oxygens (including phenoxy) is 1. The van der Waals surface area contributed by atoms with Crippen LogP contribution in [-0.2, 0) is 4.79 Å². The van der Waals surface area contributed by atoms with Crippen LogP contribution in [0.5, 0.6) is 5.75 Å². The first kappa shape index (κ1) is 20.8. The van der Waals surface area contributed by atoms with Crippen LogP contribution >= 0.6 is 11.3 Å². The molecule has 0 unspecified atom stereocenters. The number of benzene rings is 3. The highest BCUT2D eigenvalue weighted by Crippen LogP contribution is 2.33. The number of carbonyl (C=O) groups excluding carboxylic acids is 1. The average molecular weight is 459 g/mol. The normalized spacial score (nSPS) is 11.9. The number of methoxy groups -OCH3 is 1. The van der Waals surface area contributed by atoms with Crippen LogP contribution in [0.4, 0.5) is 9.52 Å². The van der Waals surface area contributed by atoms with E-state index < -0.39 is 17.8 Å². The fraction of sp³-hybridized carbons (Fsp3) is 0.0800. The molecule has 1 N–H and O–H groups in total. The first-order valence-electron chi connectivity index (χ1n) is 10.2. The molecule has 3 aromatic carbocycles. The number of hydrogen-bond acceptors (Lipinski definition) is 5. The molecular formula is C25H19FN4O2S. The number of thiazole rings is 1. The first-order valence-corrected chi connectivity index (χ1v) is 11.1. The molecule has 0 aliphatic carbocycles. The second-order valence-electron chi connectivity index (χ2n) is 7.33. The molecule has 1 amide bonds. The molecule has 0 saturated carbocycles. The summed E-state index contributed by atoms with van der Waals surface area (Å²) in [4.78, 5) is 17.6. The average Bonchev–Trinajstić information content (AvgIpc) is 3.49. The van der Waals surface area contributed by atoms with Crippen molar-refractivity contribution in [1.29, 1.82) is 0 Å². The number of carbonyl (C=O) groups is 1. The second kappa shape index (κ2) is 8.84. The zero-order chi connectivity index (χ0) is 22.8. The predicted octanol–water partition coefficient (Wildman–Crippen LogP) is 5.54. The van der Waals surface area contributed by atoms with Crippen molar-refractivity contribution in [1.82, 2.24) is 14.8 Å². The monoisotopic (exact) mass is 458 g/mol.